The zero-order valence-corrected chi connectivity index (χ0v) is 7.88. The van der Waals surface area contributed by atoms with E-state index in [1.54, 1.807) is 0 Å². The minimum Gasteiger partial charge on any atom is -0.380 e. The second-order valence-corrected chi connectivity index (χ2v) is 4.50. The average Bonchev–Trinajstić information content (AvgIpc) is 2.35. The topological polar surface area (TPSA) is 35.2 Å². The number of hydrogen-bond donors (Lipinski definition) is 1. The van der Waals surface area contributed by atoms with E-state index >= 15 is 0 Å². The molecule has 0 aromatic rings. The third-order valence-electron chi connectivity index (χ3n) is 3.82. The van der Waals surface area contributed by atoms with Gasteiger partial charge in [0.15, 0.2) is 0 Å². The predicted octanol–water partition coefficient (Wildman–Crippen LogP) is 1.54. The zero-order valence-electron chi connectivity index (χ0n) is 7.88. The quantitative estimate of drug-likeness (QED) is 0.680. The lowest BCUT2D eigenvalue weighted by Gasteiger charge is -2.49. The van der Waals surface area contributed by atoms with Crippen LogP contribution in [0.4, 0.5) is 0 Å². The summed E-state index contributed by atoms with van der Waals surface area (Å²) in [7, 11) is 0. The van der Waals surface area contributed by atoms with Gasteiger partial charge in [0.25, 0.3) is 0 Å². The van der Waals surface area contributed by atoms with Crippen molar-refractivity contribution in [3.63, 3.8) is 0 Å². The molecular weight excluding hydrogens is 150 g/mol. The average molecular weight is 169 g/mol. The molecular formula is C10H19NO. The van der Waals surface area contributed by atoms with Gasteiger partial charge in [-0.1, -0.05) is 12.8 Å². The van der Waals surface area contributed by atoms with Gasteiger partial charge in [0.1, 0.15) is 0 Å². The van der Waals surface area contributed by atoms with E-state index in [-0.39, 0.29) is 0 Å². The fourth-order valence-electron chi connectivity index (χ4n) is 2.71. The molecule has 2 fully saturated rings. The summed E-state index contributed by atoms with van der Waals surface area (Å²) in [5.74, 6) is 0.853. The Morgan fingerprint density at radius 3 is 2.25 bits per heavy atom. The largest absolute Gasteiger partial charge is 0.380 e. The van der Waals surface area contributed by atoms with Gasteiger partial charge in [-0.2, -0.15) is 0 Å². The summed E-state index contributed by atoms with van der Waals surface area (Å²) in [5, 5.41) is 0. The van der Waals surface area contributed by atoms with Crippen LogP contribution >= 0.6 is 0 Å². The lowest BCUT2D eigenvalue weighted by molar-refractivity contribution is -0.155. The van der Waals surface area contributed by atoms with Gasteiger partial charge in [-0.15, -0.1) is 0 Å². The van der Waals surface area contributed by atoms with Gasteiger partial charge in [-0.05, 0) is 25.7 Å². The van der Waals surface area contributed by atoms with Crippen LogP contribution in [0, 0.1) is 11.3 Å². The third kappa shape index (κ3) is 1.09. The molecule has 2 rings (SSSR count). The number of rotatable bonds is 2. The van der Waals surface area contributed by atoms with Crippen molar-refractivity contribution in [2.24, 2.45) is 17.1 Å². The Kier molecular flexibility index (Phi) is 2.13. The highest BCUT2D eigenvalue weighted by Gasteiger charge is 2.48. The normalized spacial score (nSPS) is 31.5. The van der Waals surface area contributed by atoms with Crippen molar-refractivity contribution in [1.29, 1.82) is 0 Å². The third-order valence-corrected chi connectivity index (χ3v) is 3.82. The van der Waals surface area contributed by atoms with E-state index < -0.39 is 0 Å². The van der Waals surface area contributed by atoms with Crippen LogP contribution in [0.25, 0.3) is 0 Å². The van der Waals surface area contributed by atoms with E-state index in [9.17, 15) is 0 Å². The SMILES string of the molecule is CC(N)C1(C2CCCC2)COC1. The maximum absolute atomic E-state index is 6.03. The summed E-state index contributed by atoms with van der Waals surface area (Å²) >= 11 is 0. The van der Waals surface area contributed by atoms with Crippen LogP contribution in [0.1, 0.15) is 32.6 Å². The second-order valence-electron chi connectivity index (χ2n) is 4.50. The van der Waals surface area contributed by atoms with Crippen molar-refractivity contribution in [3.05, 3.63) is 0 Å². The Labute approximate surface area is 74.5 Å². The maximum Gasteiger partial charge on any atom is 0.0562 e. The van der Waals surface area contributed by atoms with Crippen molar-refractivity contribution < 1.29 is 4.74 Å². The molecule has 1 heterocycles. The van der Waals surface area contributed by atoms with Crippen LogP contribution in [0.5, 0.6) is 0 Å². The minimum atomic E-state index is 0.314. The smallest absolute Gasteiger partial charge is 0.0562 e. The van der Waals surface area contributed by atoms with Crippen LogP contribution in [0.2, 0.25) is 0 Å². The standard InChI is InChI=1S/C10H19NO/c1-8(11)10(6-12-7-10)9-4-2-3-5-9/h8-9H,2-7,11H2,1H3. The molecule has 70 valence electrons. The summed E-state index contributed by atoms with van der Waals surface area (Å²) in [6, 6.07) is 0.314. The molecule has 1 aliphatic carbocycles. The summed E-state index contributed by atoms with van der Waals surface area (Å²) in [6.07, 6.45) is 5.56. The molecule has 2 heteroatoms. The van der Waals surface area contributed by atoms with Crippen molar-refractivity contribution in [1.82, 2.24) is 0 Å². The highest BCUT2D eigenvalue weighted by atomic mass is 16.5. The van der Waals surface area contributed by atoms with E-state index in [4.69, 9.17) is 10.5 Å². The van der Waals surface area contributed by atoms with Crippen LogP contribution < -0.4 is 5.73 Å². The number of hydrogen-bond acceptors (Lipinski definition) is 2. The van der Waals surface area contributed by atoms with E-state index in [0.717, 1.165) is 19.1 Å². The molecule has 12 heavy (non-hydrogen) atoms. The summed E-state index contributed by atoms with van der Waals surface area (Å²) in [4.78, 5) is 0. The molecule has 0 amide bonds. The molecule has 0 aromatic carbocycles. The molecule has 0 aromatic heterocycles. The van der Waals surface area contributed by atoms with Gasteiger partial charge in [0.2, 0.25) is 0 Å². The van der Waals surface area contributed by atoms with Crippen LogP contribution in [0.3, 0.4) is 0 Å². The Bertz CT molecular complexity index is 157. The predicted molar refractivity (Wildman–Crippen MR) is 48.9 cm³/mol. The van der Waals surface area contributed by atoms with E-state index in [1.165, 1.54) is 25.7 Å². The van der Waals surface area contributed by atoms with Crippen molar-refractivity contribution in [3.8, 4) is 0 Å². The highest BCUT2D eigenvalue weighted by molar-refractivity contribution is 4.98. The van der Waals surface area contributed by atoms with Gasteiger partial charge < -0.3 is 10.5 Å². The van der Waals surface area contributed by atoms with Crippen LogP contribution in [-0.4, -0.2) is 19.3 Å². The van der Waals surface area contributed by atoms with Gasteiger partial charge >= 0.3 is 0 Å². The molecule has 1 saturated heterocycles. The van der Waals surface area contributed by atoms with E-state index in [0.29, 0.717) is 11.5 Å². The molecule has 0 radical (unpaired) electrons. The Balaban J connectivity index is 2.05. The summed E-state index contributed by atoms with van der Waals surface area (Å²) in [6.45, 7) is 3.96. The second kappa shape index (κ2) is 3.00. The summed E-state index contributed by atoms with van der Waals surface area (Å²) in [5.41, 5.74) is 6.39. The van der Waals surface area contributed by atoms with Crippen molar-refractivity contribution in [2.45, 2.75) is 38.6 Å². The molecule has 1 saturated carbocycles. The van der Waals surface area contributed by atoms with Crippen molar-refractivity contribution in [2.75, 3.05) is 13.2 Å². The fourth-order valence-corrected chi connectivity index (χ4v) is 2.71. The lowest BCUT2D eigenvalue weighted by Crippen LogP contribution is -2.57. The first-order valence-electron chi connectivity index (χ1n) is 5.09. The van der Waals surface area contributed by atoms with Crippen LogP contribution in [0.15, 0.2) is 0 Å². The zero-order chi connectivity index (χ0) is 8.60. The van der Waals surface area contributed by atoms with E-state index in [2.05, 4.69) is 6.92 Å². The van der Waals surface area contributed by atoms with Crippen LogP contribution in [-0.2, 0) is 4.74 Å². The first kappa shape index (κ1) is 8.52. The lowest BCUT2D eigenvalue weighted by atomic mass is 9.68. The Morgan fingerprint density at radius 1 is 1.33 bits per heavy atom. The number of ether oxygens (including phenoxy) is 1. The molecule has 1 atom stereocenters. The van der Waals surface area contributed by atoms with E-state index in [1.807, 2.05) is 0 Å². The summed E-state index contributed by atoms with van der Waals surface area (Å²) < 4.78 is 5.33. The molecule has 1 unspecified atom stereocenters. The maximum atomic E-state index is 6.03. The first-order chi connectivity index (χ1) is 5.76. The number of nitrogens with two attached hydrogens (primary N) is 1. The molecule has 0 spiro atoms. The highest BCUT2D eigenvalue weighted by Crippen LogP contribution is 2.46. The minimum absolute atomic E-state index is 0.314. The molecule has 2 N–H and O–H groups in total. The fraction of sp³-hybridized carbons (Fsp3) is 1.00. The van der Waals surface area contributed by atoms with Crippen molar-refractivity contribution >= 4 is 0 Å². The Hall–Kier alpha value is -0.0800. The Morgan fingerprint density at radius 2 is 1.92 bits per heavy atom. The molecule has 2 nitrogen and oxygen atoms in total. The molecule has 2 aliphatic rings. The first-order valence-corrected chi connectivity index (χ1v) is 5.09. The van der Waals surface area contributed by atoms with Gasteiger partial charge in [-0.25, -0.2) is 0 Å². The van der Waals surface area contributed by atoms with Gasteiger partial charge in [0, 0.05) is 11.5 Å². The van der Waals surface area contributed by atoms with Gasteiger partial charge in [0.05, 0.1) is 13.2 Å². The monoisotopic (exact) mass is 169 g/mol. The molecule has 1 aliphatic heterocycles. The van der Waals surface area contributed by atoms with Gasteiger partial charge in [-0.3, -0.25) is 0 Å². The molecule has 0 bridgehead atoms.